The van der Waals surface area contributed by atoms with Crippen molar-refractivity contribution in [1.29, 1.82) is 0 Å². The number of benzene rings is 2. The van der Waals surface area contributed by atoms with Gasteiger partial charge in [0.15, 0.2) is 5.16 Å². The van der Waals surface area contributed by atoms with Gasteiger partial charge in [-0.3, -0.25) is 10.1 Å². The number of methoxy groups -OCH3 is 1. The number of aryl methyl sites for hydroxylation is 1. The lowest BCUT2D eigenvalue weighted by molar-refractivity contribution is -0.384. The van der Waals surface area contributed by atoms with Crippen molar-refractivity contribution in [3.8, 4) is 0 Å². The van der Waals surface area contributed by atoms with Gasteiger partial charge in [-0.2, -0.15) is 0 Å². The van der Waals surface area contributed by atoms with Gasteiger partial charge < -0.3 is 4.74 Å². The molecule has 0 atom stereocenters. The van der Waals surface area contributed by atoms with E-state index >= 15 is 0 Å². The Hall–Kier alpha value is -2.87. The summed E-state index contributed by atoms with van der Waals surface area (Å²) in [5, 5.41) is 11.4. The number of carbonyl (C=O) groups is 1. The molecular weight excluding hydrogens is 342 g/mol. The van der Waals surface area contributed by atoms with Crippen LogP contribution in [0.25, 0.3) is 11.0 Å². The van der Waals surface area contributed by atoms with Crippen LogP contribution in [0.2, 0.25) is 0 Å². The molecule has 1 heterocycles. The number of nitrogens with zero attached hydrogens (tertiary/aromatic N) is 3. The highest BCUT2D eigenvalue weighted by Gasteiger charge is 2.18. The van der Waals surface area contributed by atoms with Crippen LogP contribution in [0, 0.1) is 17.0 Å². The zero-order chi connectivity index (χ0) is 18.0. The van der Waals surface area contributed by atoms with Crippen molar-refractivity contribution in [2.24, 2.45) is 0 Å². The highest BCUT2D eigenvalue weighted by molar-refractivity contribution is 7.98. The van der Waals surface area contributed by atoms with E-state index in [0.29, 0.717) is 21.9 Å². The summed E-state index contributed by atoms with van der Waals surface area (Å²) in [5.41, 5.74) is 3.16. The van der Waals surface area contributed by atoms with Gasteiger partial charge in [-0.05, 0) is 30.2 Å². The highest BCUT2D eigenvalue weighted by Crippen LogP contribution is 2.29. The molecular formula is C17H15N3O4S. The number of ether oxygens (including phenoxy) is 1. The summed E-state index contributed by atoms with van der Waals surface area (Å²) < 4.78 is 6.26. The molecule has 0 amide bonds. The summed E-state index contributed by atoms with van der Waals surface area (Å²) in [4.78, 5) is 27.1. The molecule has 0 N–H and O–H groups in total. The SMILES string of the molecule is COC(=O)n1c(SCc2cc([N+](=O)[O-])ccc2C)nc2ccccc21. The van der Waals surface area contributed by atoms with E-state index in [9.17, 15) is 14.9 Å². The first-order valence-corrected chi connectivity index (χ1v) is 8.42. The first-order valence-electron chi connectivity index (χ1n) is 7.44. The van der Waals surface area contributed by atoms with E-state index in [2.05, 4.69) is 4.98 Å². The molecule has 0 fully saturated rings. The molecule has 7 nitrogen and oxygen atoms in total. The summed E-state index contributed by atoms with van der Waals surface area (Å²) in [6.45, 7) is 1.89. The molecule has 0 bridgehead atoms. The number of nitro benzene ring substituents is 1. The standard InChI is InChI=1S/C17H15N3O4S/c1-11-7-8-13(20(22)23)9-12(11)10-25-16-18-14-5-3-4-6-15(14)19(16)17(21)24-2/h3-9H,10H2,1-2H3. The van der Waals surface area contributed by atoms with Crippen LogP contribution in [0.1, 0.15) is 11.1 Å². The summed E-state index contributed by atoms with van der Waals surface area (Å²) in [5.74, 6) is 0.452. The number of non-ortho nitro benzene ring substituents is 1. The van der Waals surface area contributed by atoms with Crippen LogP contribution in [0.4, 0.5) is 10.5 Å². The van der Waals surface area contributed by atoms with Crippen molar-refractivity contribution in [3.63, 3.8) is 0 Å². The minimum atomic E-state index is -0.521. The topological polar surface area (TPSA) is 87.3 Å². The van der Waals surface area contributed by atoms with Gasteiger partial charge in [0.1, 0.15) is 0 Å². The molecule has 0 spiro atoms. The Labute approximate surface area is 147 Å². The van der Waals surface area contributed by atoms with E-state index in [1.807, 2.05) is 25.1 Å². The Bertz CT molecular complexity index is 968. The molecule has 128 valence electrons. The lowest BCUT2D eigenvalue weighted by Gasteiger charge is -2.07. The number of thioether (sulfide) groups is 1. The molecule has 25 heavy (non-hydrogen) atoms. The molecule has 0 unspecified atom stereocenters. The highest BCUT2D eigenvalue weighted by atomic mass is 32.2. The summed E-state index contributed by atoms with van der Waals surface area (Å²) >= 11 is 1.33. The predicted octanol–water partition coefficient (Wildman–Crippen LogP) is 4.16. The maximum atomic E-state index is 12.1. The van der Waals surface area contributed by atoms with Crippen LogP contribution in [0.3, 0.4) is 0 Å². The molecule has 0 saturated carbocycles. The van der Waals surface area contributed by atoms with Crippen LogP contribution in [-0.2, 0) is 10.5 Å². The lowest BCUT2D eigenvalue weighted by Crippen LogP contribution is -2.12. The Kier molecular flexibility index (Phi) is 4.71. The molecule has 0 aliphatic rings. The van der Waals surface area contributed by atoms with Crippen molar-refractivity contribution in [3.05, 3.63) is 63.7 Å². The number of hydrogen-bond acceptors (Lipinski definition) is 6. The smallest absolute Gasteiger partial charge is 0.420 e. The molecule has 0 radical (unpaired) electrons. The number of aromatic nitrogens is 2. The third kappa shape index (κ3) is 3.34. The number of hydrogen-bond donors (Lipinski definition) is 0. The second-order valence-corrected chi connectivity index (χ2v) is 6.29. The molecule has 0 aliphatic carbocycles. The van der Waals surface area contributed by atoms with Crippen molar-refractivity contribution >= 4 is 34.6 Å². The van der Waals surface area contributed by atoms with E-state index < -0.39 is 11.0 Å². The van der Waals surface area contributed by atoms with Gasteiger partial charge in [0, 0.05) is 17.9 Å². The van der Waals surface area contributed by atoms with Crippen molar-refractivity contribution in [1.82, 2.24) is 9.55 Å². The van der Waals surface area contributed by atoms with E-state index in [-0.39, 0.29) is 5.69 Å². The molecule has 1 aromatic heterocycles. The normalized spacial score (nSPS) is 10.8. The third-order valence-electron chi connectivity index (χ3n) is 3.79. The van der Waals surface area contributed by atoms with Crippen LogP contribution in [-0.4, -0.2) is 27.7 Å². The second kappa shape index (κ2) is 6.94. The first kappa shape index (κ1) is 17.0. The average molecular weight is 357 g/mol. The molecule has 3 rings (SSSR count). The van der Waals surface area contributed by atoms with Crippen molar-refractivity contribution < 1.29 is 14.5 Å². The van der Waals surface area contributed by atoms with E-state index in [4.69, 9.17) is 4.74 Å². The quantitative estimate of drug-likeness (QED) is 0.396. The zero-order valence-corrected chi connectivity index (χ0v) is 14.4. The predicted molar refractivity (Wildman–Crippen MR) is 94.9 cm³/mol. The van der Waals surface area contributed by atoms with Gasteiger partial charge in [0.2, 0.25) is 0 Å². The fourth-order valence-corrected chi connectivity index (χ4v) is 3.50. The zero-order valence-electron chi connectivity index (χ0n) is 13.6. The molecule has 8 heteroatoms. The minimum Gasteiger partial charge on any atom is -0.452 e. The second-order valence-electron chi connectivity index (χ2n) is 5.35. The third-order valence-corrected chi connectivity index (χ3v) is 4.77. The maximum absolute atomic E-state index is 12.1. The Morgan fingerprint density at radius 2 is 2.08 bits per heavy atom. The minimum absolute atomic E-state index is 0.0441. The summed E-state index contributed by atoms with van der Waals surface area (Å²) in [7, 11) is 1.32. The van der Waals surface area contributed by atoms with E-state index in [0.717, 1.165) is 11.1 Å². The first-order chi connectivity index (χ1) is 12.0. The monoisotopic (exact) mass is 357 g/mol. The number of imidazole rings is 1. The number of rotatable bonds is 4. The Balaban J connectivity index is 1.95. The Morgan fingerprint density at radius 1 is 1.32 bits per heavy atom. The van der Waals surface area contributed by atoms with Gasteiger partial charge in [-0.1, -0.05) is 30.0 Å². The average Bonchev–Trinajstić information content (AvgIpc) is 2.98. The van der Waals surface area contributed by atoms with Crippen molar-refractivity contribution in [2.45, 2.75) is 17.8 Å². The van der Waals surface area contributed by atoms with Gasteiger partial charge >= 0.3 is 6.09 Å². The largest absolute Gasteiger partial charge is 0.452 e. The fraction of sp³-hybridized carbons (Fsp3) is 0.176. The van der Waals surface area contributed by atoms with Gasteiger partial charge in [-0.15, -0.1) is 0 Å². The van der Waals surface area contributed by atoms with E-state index in [1.54, 1.807) is 18.2 Å². The van der Waals surface area contributed by atoms with Gasteiger partial charge in [-0.25, -0.2) is 14.3 Å². The lowest BCUT2D eigenvalue weighted by atomic mass is 10.1. The van der Waals surface area contributed by atoms with Gasteiger partial charge in [0.25, 0.3) is 5.69 Å². The van der Waals surface area contributed by atoms with Crippen LogP contribution < -0.4 is 0 Å². The number of para-hydroxylation sites is 2. The molecule has 3 aromatic rings. The Morgan fingerprint density at radius 3 is 2.80 bits per heavy atom. The summed E-state index contributed by atoms with van der Waals surface area (Å²) in [6.07, 6.45) is -0.521. The molecule has 0 saturated heterocycles. The number of carbonyl (C=O) groups excluding carboxylic acids is 1. The van der Waals surface area contributed by atoms with Crippen LogP contribution >= 0.6 is 11.8 Å². The van der Waals surface area contributed by atoms with Crippen LogP contribution in [0.15, 0.2) is 47.6 Å². The summed E-state index contributed by atoms with van der Waals surface area (Å²) in [6, 6.07) is 12.0. The maximum Gasteiger partial charge on any atom is 0.420 e. The van der Waals surface area contributed by atoms with Gasteiger partial charge in [0.05, 0.1) is 23.1 Å². The van der Waals surface area contributed by atoms with E-state index in [1.165, 1.54) is 29.5 Å². The molecule has 2 aromatic carbocycles. The van der Waals surface area contributed by atoms with Crippen LogP contribution in [0.5, 0.6) is 0 Å². The van der Waals surface area contributed by atoms with Crippen molar-refractivity contribution in [2.75, 3.05) is 7.11 Å². The number of fused-ring (bicyclic) bond motifs is 1. The fourth-order valence-electron chi connectivity index (χ4n) is 2.44. The molecule has 0 aliphatic heterocycles. The number of nitro groups is 1.